The molecule has 5 rings (SSSR count). The third-order valence-electron chi connectivity index (χ3n) is 7.22. The molecule has 1 N–H and O–H groups in total. The molecule has 0 bridgehead atoms. The molecular weight excluding hydrogens is 442 g/mol. The molecule has 0 radical (unpaired) electrons. The lowest BCUT2D eigenvalue weighted by Gasteiger charge is -2.32. The van der Waals surface area contributed by atoms with E-state index in [0.29, 0.717) is 6.54 Å². The Kier molecular flexibility index (Phi) is 6.32. The molecule has 1 aliphatic rings. The van der Waals surface area contributed by atoms with Gasteiger partial charge < -0.3 is 14.7 Å². The van der Waals surface area contributed by atoms with Gasteiger partial charge in [-0.3, -0.25) is 9.13 Å². The Morgan fingerprint density at radius 2 is 1.66 bits per heavy atom. The largest absolute Gasteiger partial charge is 0.406 e. The van der Waals surface area contributed by atoms with E-state index in [1.165, 1.54) is 10.3 Å². The van der Waals surface area contributed by atoms with Gasteiger partial charge in [0, 0.05) is 25.7 Å². The number of hydrogen-bond donors (Lipinski definition) is 1. The first-order chi connectivity index (χ1) is 16.8. The third-order valence-corrected chi connectivity index (χ3v) is 7.22. The topological polar surface area (TPSA) is 77.2 Å². The van der Waals surface area contributed by atoms with Gasteiger partial charge in [-0.05, 0) is 88.9 Å². The summed E-state index contributed by atoms with van der Waals surface area (Å²) in [6, 6.07) is 12.3. The second kappa shape index (κ2) is 9.41. The lowest BCUT2D eigenvalue weighted by Crippen LogP contribution is -2.38. The molecule has 35 heavy (non-hydrogen) atoms. The molecule has 1 aliphatic heterocycles. The van der Waals surface area contributed by atoms with Crippen molar-refractivity contribution < 1.29 is 4.84 Å². The number of aromatic amines is 1. The smallest absolute Gasteiger partial charge is 0.362 e. The van der Waals surface area contributed by atoms with Gasteiger partial charge in [-0.25, -0.2) is 9.59 Å². The summed E-state index contributed by atoms with van der Waals surface area (Å²) in [5.41, 5.74) is 5.83. The summed E-state index contributed by atoms with van der Waals surface area (Å²) in [4.78, 5) is 37.0. The second-order valence-corrected chi connectivity index (χ2v) is 10.1. The number of hydrogen-bond acceptors (Lipinski definition) is 4. The number of rotatable bonds is 7. The van der Waals surface area contributed by atoms with Crippen molar-refractivity contribution >= 4 is 22.1 Å². The van der Waals surface area contributed by atoms with Crippen molar-refractivity contribution in [1.82, 2.24) is 23.7 Å². The van der Waals surface area contributed by atoms with Crippen LogP contribution in [0.5, 0.6) is 0 Å². The normalized spacial score (nSPS) is 15.6. The molecule has 0 atom stereocenters. The van der Waals surface area contributed by atoms with Crippen molar-refractivity contribution in [2.24, 2.45) is 0 Å². The van der Waals surface area contributed by atoms with Crippen LogP contribution in [0.4, 0.5) is 0 Å². The predicted octanol–water partition coefficient (Wildman–Crippen LogP) is 3.63. The fourth-order valence-corrected chi connectivity index (χ4v) is 5.30. The van der Waals surface area contributed by atoms with Gasteiger partial charge in [-0.2, -0.15) is 0 Å². The van der Waals surface area contributed by atoms with Gasteiger partial charge in [0.1, 0.15) is 11.6 Å². The minimum Gasteiger partial charge on any atom is -0.406 e. The summed E-state index contributed by atoms with van der Waals surface area (Å²) in [5.74, 6) is 0. The summed E-state index contributed by atoms with van der Waals surface area (Å²) in [6.07, 6.45) is 2.69. The first-order valence-electron chi connectivity index (χ1n) is 12.6. The Hall–Kier alpha value is -3.26. The van der Waals surface area contributed by atoms with E-state index in [-0.39, 0.29) is 23.5 Å². The van der Waals surface area contributed by atoms with Gasteiger partial charge in [-0.1, -0.05) is 12.1 Å². The van der Waals surface area contributed by atoms with E-state index in [2.05, 4.69) is 29.8 Å². The SMILES string of the molecule is Cc1cc2c(cc1C)n(OC(C)C)c(=O)n2CCCN1CCC(n2c(=O)[nH]c3ccccc32)CC1. The highest BCUT2D eigenvalue weighted by Gasteiger charge is 2.23. The van der Waals surface area contributed by atoms with E-state index in [9.17, 15) is 9.59 Å². The van der Waals surface area contributed by atoms with Crippen LogP contribution in [0.1, 0.15) is 50.3 Å². The number of likely N-dealkylation sites (tertiary alicyclic amines) is 1. The van der Waals surface area contributed by atoms with Gasteiger partial charge in [0.25, 0.3) is 0 Å². The van der Waals surface area contributed by atoms with Crippen molar-refractivity contribution in [3.05, 3.63) is 68.5 Å². The Morgan fingerprint density at radius 1 is 0.971 bits per heavy atom. The molecule has 3 heterocycles. The summed E-state index contributed by atoms with van der Waals surface area (Å²) in [7, 11) is 0. The van der Waals surface area contributed by atoms with Crippen molar-refractivity contribution in [3.8, 4) is 0 Å². The van der Waals surface area contributed by atoms with Crippen molar-refractivity contribution in [3.63, 3.8) is 0 Å². The predicted molar refractivity (Wildman–Crippen MR) is 139 cm³/mol. The molecule has 0 amide bonds. The van der Waals surface area contributed by atoms with Crippen LogP contribution < -0.4 is 16.2 Å². The zero-order chi connectivity index (χ0) is 24.7. The van der Waals surface area contributed by atoms with E-state index in [1.54, 1.807) is 0 Å². The maximum atomic E-state index is 13.2. The average molecular weight is 478 g/mol. The van der Waals surface area contributed by atoms with E-state index in [0.717, 1.165) is 66.5 Å². The van der Waals surface area contributed by atoms with Crippen LogP contribution in [-0.2, 0) is 6.54 Å². The summed E-state index contributed by atoms with van der Waals surface area (Å²) >= 11 is 0. The maximum Gasteiger partial charge on any atom is 0.362 e. The monoisotopic (exact) mass is 477 g/mol. The molecule has 2 aromatic carbocycles. The van der Waals surface area contributed by atoms with E-state index < -0.39 is 0 Å². The second-order valence-electron chi connectivity index (χ2n) is 10.1. The number of aromatic nitrogens is 4. The van der Waals surface area contributed by atoms with Crippen LogP contribution in [0.25, 0.3) is 22.1 Å². The zero-order valence-electron chi connectivity index (χ0n) is 21.1. The fraction of sp³-hybridized carbons (Fsp3) is 0.481. The van der Waals surface area contributed by atoms with Crippen LogP contribution in [0.15, 0.2) is 46.0 Å². The van der Waals surface area contributed by atoms with E-state index >= 15 is 0 Å². The number of H-pyrrole nitrogens is 1. The van der Waals surface area contributed by atoms with Crippen LogP contribution in [0.3, 0.4) is 0 Å². The van der Waals surface area contributed by atoms with Crippen LogP contribution >= 0.6 is 0 Å². The van der Waals surface area contributed by atoms with E-state index in [4.69, 9.17) is 4.84 Å². The van der Waals surface area contributed by atoms with Crippen molar-refractivity contribution in [1.29, 1.82) is 0 Å². The molecule has 2 aromatic heterocycles. The fourth-order valence-electron chi connectivity index (χ4n) is 5.30. The molecule has 0 saturated carbocycles. The molecule has 8 nitrogen and oxygen atoms in total. The molecule has 0 spiro atoms. The van der Waals surface area contributed by atoms with Gasteiger partial charge in [-0.15, -0.1) is 4.73 Å². The molecule has 0 aliphatic carbocycles. The molecule has 4 aromatic rings. The minimum absolute atomic E-state index is 0.0189. The van der Waals surface area contributed by atoms with Gasteiger partial charge >= 0.3 is 11.4 Å². The number of nitrogens with zero attached hydrogens (tertiary/aromatic N) is 4. The quantitative estimate of drug-likeness (QED) is 0.441. The molecule has 1 saturated heterocycles. The minimum atomic E-state index is -0.115. The highest BCUT2D eigenvalue weighted by molar-refractivity contribution is 5.78. The van der Waals surface area contributed by atoms with Crippen LogP contribution in [-0.4, -0.2) is 49.5 Å². The highest BCUT2D eigenvalue weighted by atomic mass is 16.7. The Morgan fingerprint density at radius 3 is 2.37 bits per heavy atom. The summed E-state index contributed by atoms with van der Waals surface area (Å²) < 4.78 is 5.24. The zero-order valence-corrected chi connectivity index (χ0v) is 21.1. The van der Waals surface area contributed by atoms with E-state index in [1.807, 2.05) is 53.3 Å². The number of nitrogens with one attached hydrogen (secondary N) is 1. The average Bonchev–Trinajstić information content (AvgIpc) is 3.28. The molecular formula is C27H35N5O3. The number of fused-ring (bicyclic) bond motifs is 2. The maximum absolute atomic E-state index is 13.2. The first kappa shape index (κ1) is 23.5. The van der Waals surface area contributed by atoms with Gasteiger partial charge in [0.15, 0.2) is 0 Å². The summed E-state index contributed by atoms with van der Waals surface area (Å²) in [5, 5.41) is 0. The number of piperidine rings is 1. The molecule has 186 valence electrons. The Bertz CT molecular complexity index is 1460. The number of imidazole rings is 2. The Labute approximate surface area is 204 Å². The van der Waals surface area contributed by atoms with Gasteiger partial charge in [0.05, 0.1) is 16.6 Å². The number of benzene rings is 2. The standard InChI is InChI=1S/C27H35N5O3/c1-18(2)35-32-25-17-20(4)19(3)16-24(25)30(27(32)34)13-7-12-29-14-10-21(11-15-29)31-23-9-6-5-8-22(23)28-26(31)33/h5-6,8-9,16-18,21H,7,10-15H2,1-4H3,(H,28,33). The van der Waals surface area contributed by atoms with Crippen LogP contribution in [0.2, 0.25) is 0 Å². The number of para-hydroxylation sites is 2. The highest BCUT2D eigenvalue weighted by Crippen LogP contribution is 2.25. The lowest BCUT2D eigenvalue weighted by molar-refractivity contribution is 0.0596. The summed E-state index contributed by atoms with van der Waals surface area (Å²) in [6.45, 7) is 11.5. The van der Waals surface area contributed by atoms with Crippen LogP contribution in [0, 0.1) is 13.8 Å². The molecule has 8 heteroatoms. The number of aryl methyl sites for hydroxylation is 3. The Balaban J connectivity index is 1.26. The first-order valence-corrected chi connectivity index (χ1v) is 12.6. The molecule has 0 unspecified atom stereocenters. The van der Waals surface area contributed by atoms with Crippen molar-refractivity contribution in [2.45, 2.75) is 65.6 Å². The van der Waals surface area contributed by atoms with Crippen molar-refractivity contribution in [2.75, 3.05) is 19.6 Å². The lowest BCUT2D eigenvalue weighted by atomic mass is 10.0. The third kappa shape index (κ3) is 4.43. The molecule has 1 fully saturated rings. The van der Waals surface area contributed by atoms with Gasteiger partial charge in [0.2, 0.25) is 0 Å².